The van der Waals surface area contributed by atoms with E-state index in [9.17, 15) is 34.8 Å². The second-order valence-corrected chi connectivity index (χ2v) is 25.2. The van der Waals surface area contributed by atoms with Crippen molar-refractivity contribution in [1.29, 1.82) is 0 Å². The molecule has 9 heteroatoms. The smallest absolute Gasteiger partial charge is 0.306 e. The number of carboxylic acids is 1. The zero-order valence-corrected chi connectivity index (χ0v) is 43.2. The van der Waals surface area contributed by atoms with Gasteiger partial charge in [-0.05, 0) is 115 Å². The van der Waals surface area contributed by atoms with E-state index in [1.165, 1.54) is 0 Å². The molecule has 3 aromatic carbocycles. The van der Waals surface area contributed by atoms with Gasteiger partial charge in [0.15, 0.2) is 0 Å². The van der Waals surface area contributed by atoms with E-state index >= 15 is 0 Å². The third-order valence-electron chi connectivity index (χ3n) is 12.9. The lowest BCUT2D eigenvalue weighted by atomic mass is 9.62. The largest absolute Gasteiger partial charge is 0.507 e. The summed E-state index contributed by atoms with van der Waals surface area (Å²) in [6, 6.07) is 7.91. The lowest BCUT2D eigenvalue weighted by Gasteiger charge is -2.44. The maximum atomic E-state index is 13.9. The number of carbonyl (C=O) groups is 3. The van der Waals surface area contributed by atoms with Crippen molar-refractivity contribution in [2.75, 3.05) is 13.2 Å². The molecule has 2 bridgehead atoms. The molecule has 0 saturated carbocycles. The number of benzene rings is 3. The Labute approximate surface area is 390 Å². The Balaban J connectivity index is 1.74. The maximum absolute atomic E-state index is 13.9. The molecule has 0 atom stereocenters. The van der Waals surface area contributed by atoms with Crippen LogP contribution in [0.15, 0.2) is 24.3 Å². The van der Waals surface area contributed by atoms with Gasteiger partial charge in [-0.25, -0.2) is 0 Å². The highest BCUT2D eigenvalue weighted by atomic mass is 16.5. The van der Waals surface area contributed by atoms with E-state index in [0.717, 1.165) is 61.2 Å². The summed E-state index contributed by atoms with van der Waals surface area (Å²) >= 11 is 0. The van der Waals surface area contributed by atoms with Crippen LogP contribution < -0.4 is 0 Å². The number of hydrogen-bond acceptors (Lipinski definition) is 8. The molecule has 0 aliphatic heterocycles. The van der Waals surface area contributed by atoms with Crippen molar-refractivity contribution in [3.8, 4) is 17.2 Å². The Bertz CT molecular complexity index is 2050. The Hall–Kier alpha value is -4.53. The second kappa shape index (κ2) is 18.6. The normalized spacial score (nSPS) is 14.6. The first kappa shape index (κ1) is 53.1. The summed E-state index contributed by atoms with van der Waals surface area (Å²) in [7, 11) is 0. The van der Waals surface area contributed by atoms with Gasteiger partial charge < -0.3 is 29.9 Å². The maximum Gasteiger partial charge on any atom is 0.306 e. The van der Waals surface area contributed by atoms with Crippen molar-refractivity contribution in [2.45, 2.75) is 208 Å². The Morgan fingerprint density at radius 3 is 1.05 bits per heavy atom. The molecule has 1 aliphatic carbocycles. The predicted molar refractivity (Wildman–Crippen MR) is 261 cm³/mol. The molecule has 360 valence electrons. The van der Waals surface area contributed by atoms with Crippen LogP contribution in [0.5, 0.6) is 17.2 Å². The summed E-state index contributed by atoms with van der Waals surface area (Å²) in [5, 5.41) is 44.6. The van der Waals surface area contributed by atoms with Gasteiger partial charge in [0.1, 0.15) is 30.5 Å². The molecule has 0 saturated heterocycles. The molecular formula is C56H82O9. The van der Waals surface area contributed by atoms with Gasteiger partial charge in [-0.1, -0.05) is 149 Å². The van der Waals surface area contributed by atoms with E-state index in [-0.39, 0.29) is 77.8 Å². The first-order valence-electron chi connectivity index (χ1n) is 23.5. The quantitative estimate of drug-likeness (QED) is 0.123. The van der Waals surface area contributed by atoms with E-state index in [0.29, 0.717) is 25.7 Å². The van der Waals surface area contributed by atoms with Gasteiger partial charge in [0.25, 0.3) is 0 Å². The van der Waals surface area contributed by atoms with Crippen LogP contribution in [0.4, 0.5) is 0 Å². The number of ether oxygens (including phenoxy) is 2. The van der Waals surface area contributed by atoms with E-state index in [4.69, 9.17) is 9.47 Å². The summed E-state index contributed by atoms with van der Waals surface area (Å²) in [5.74, 6) is -0.990. The third kappa shape index (κ3) is 12.7. The minimum atomic E-state index is -0.925. The molecule has 9 nitrogen and oxygen atoms in total. The molecule has 1 aliphatic rings. The fraction of sp³-hybridized carbons (Fsp3) is 0.625. The lowest BCUT2D eigenvalue weighted by Crippen LogP contribution is -2.43. The highest BCUT2D eigenvalue weighted by Gasteiger charge is 2.46. The van der Waals surface area contributed by atoms with Crippen molar-refractivity contribution < 1.29 is 44.3 Å². The molecule has 0 radical (unpaired) electrons. The fourth-order valence-electron chi connectivity index (χ4n) is 9.56. The number of aryl methyl sites for hydroxylation is 2. The summed E-state index contributed by atoms with van der Waals surface area (Å²) in [6.07, 6.45) is 1.73. The molecule has 65 heavy (non-hydrogen) atoms. The van der Waals surface area contributed by atoms with Gasteiger partial charge in [-0.2, -0.15) is 0 Å². The lowest BCUT2D eigenvalue weighted by molar-refractivity contribution is -0.154. The number of phenolic OH excluding ortho intramolecular Hbond substituents is 3. The summed E-state index contributed by atoms with van der Waals surface area (Å²) in [4.78, 5) is 39.9. The average molecular weight is 899 g/mol. The monoisotopic (exact) mass is 899 g/mol. The second-order valence-electron chi connectivity index (χ2n) is 25.2. The number of phenols is 3. The molecule has 0 aromatic heterocycles. The molecule has 0 amide bonds. The molecule has 0 unspecified atom stereocenters. The molecule has 0 fully saturated rings. The van der Waals surface area contributed by atoms with Crippen molar-refractivity contribution in [1.82, 2.24) is 0 Å². The van der Waals surface area contributed by atoms with Crippen molar-refractivity contribution in [3.05, 3.63) is 85.5 Å². The first-order chi connectivity index (χ1) is 29.4. The minimum Gasteiger partial charge on any atom is -0.507 e. The van der Waals surface area contributed by atoms with E-state index in [1.54, 1.807) is 0 Å². The highest BCUT2D eigenvalue weighted by molar-refractivity contribution is 5.71. The van der Waals surface area contributed by atoms with Crippen LogP contribution in [0.25, 0.3) is 0 Å². The number of carboxylic acid groups (broad SMARTS) is 1. The summed E-state index contributed by atoms with van der Waals surface area (Å²) < 4.78 is 12.5. The van der Waals surface area contributed by atoms with Crippen LogP contribution in [-0.4, -0.2) is 51.5 Å². The minimum absolute atomic E-state index is 0.0637. The van der Waals surface area contributed by atoms with Crippen molar-refractivity contribution in [3.63, 3.8) is 0 Å². The number of aromatic hydroxyl groups is 3. The van der Waals surface area contributed by atoms with Gasteiger partial charge in [0.05, 0.1) is 0 Å². The van der Waals surface area contributed by atoms with Crippen molar-refractivity contribution in [2.24, 2.45) is 5.41 Å². The topological polar surface area (TPSA) is 151 Å². The van der Waals surface area contributed by atoms with Crippen LogP contribution in [0.1, 0.15) is 205 Å². The summed E-state index contributed by atoms with van der Waals surface area (Å²) in [6.45, 7) is 36.7. The van der Waals surface area contributed by atoms with Gasteiger partial charge in [0.2, 0.25) is 0 Å². The fourth-order valence-corrected chi connectivity index (χ4v) is 9.56. The van der Waals surface area contributed by atoms with E-state index in [2.05, 4.69) is 83.1 Å². The van der Waals surface area contributed by atoms with Crippen LogP contribution in [-0.2, 0) is 88.5 Å². The van der Waals surface area contributed by atoms with Crippen LogP contribution in [0.3, 0.4) is 0 Å². The van der Waals surface area contributed by atoms with Gasteiger partial charge in [0, 0.05) is 35.8 Å². The van der Waals surface area contributed by atoms with Gasteiger partial charge in [-0.3, -0.25) is 14.4 Å². The highest BCUT2D eigenvalue weighted by Crippen LogP contribution is 2.52. The molecule has 0 spiro atoms. The predicted octanol–water partition coefficient (Wildman–Crippen LogP) is 12.0. The standard InChI is InChI=1S/C56H82O9/c1-50(2,3)38-25-33(26-39(47(38)61)51(4,5)6)19-23-43(59)64-31-56(32-65-44(60)24-20-34-27-40(52(7,8)9)48(62)41(28-34)53(10,11)12)29-36-35(21-22-42(57)58)37(30-56)46(55(16,17)18)49(63)45(36)54(13,14)15/h25-28,61-63H,19-24,29-32H2,1-18H3,(H,57,58). The van der Waals surface area contributed by atoms with Crippen molar-refractivity contribution >= 4 is 17.9 Å². The van der Waals surface area contributed by atoms with Gasteiger partial charge in [-0.15, -0.1) is 0 Å². The van der Waals surface area contributed by atoms with Crippen LogP contribution in [0.2, 0.25) is 0 Å². The molecular weight excluding hydrogens is 817 g/mol. The van der Waals surface area contributed by atoms with Crippen LogP contribution >= 0.6 is 0 Å². The number of aliphatic carboxylic acids is 1. The van der Waals surface area contributed by atoms with Gasteiger partial charge >= 0.3 is 17.9 Å². The number of carbonyl (C=O) groups excluding carboxylic acids is 2. The zero-order chi connectivity index (χ0) is 49.6. The number of rotatable bonds is 13. The van der Waals surface area contributed by atoms with Crippen LogP contribution in [0, 0.1) is 5.41 Å². The average Bonchev–Trinajstić information content (AvgIpc) is 3.11. The SMILES string of the molecule is CC(C)(C)c1cc(CCC(=O)OCC2(COC(=O)CCc3cc(C(C)(C)C)c(O)c(C(C)(C)C)c3)Cc3c(CCC(=O)O)c(c(C(C)(C)C)c(O)c3C(C)(C)C)C2)cc(C(C)(C)C)c1O. The number of hydrogen-bond donors (Lipinski definition) is 4. The molecule has 4 rings (SSSR count). The Morgan fingerprint density at radius 1 is 0.477 bits per heavy atom. The van der Waals surface area contributed by atoms with E-state index in [1.807, 2.05) is 65.8 Å². The third-order valence-corrected chi connectivity index (χ3v) is 12.9. The first-order valence-corrected chi connectivity index (χ1v) is 23.5. The summed E-state index contributed by atoms with van der Waals surface area (Å²) in [5.41, 5.74) is 5.77. The number of fused-ring (bicyclic) bond motifs is 2. The van der Waals surface area contributed by atoms with E-state index < -0.39 is 34.2 Å². The molecule has 3 aromatic rings. The zero-order valence-electron chi connectivity index (χ0n) is 43.2. The Kier molecular flexibility index (Phi) is 15.2. The molecule has 0 heterocycles. The molecule has 4 N–H and O–H groups in total. The Morgan fingerprint density at radius 2 is 0.785 bits per heavy atom. The number of esters is 2.